The smallest absolute Gasteiger partial charge is 0.176 e. The second-order valence-corrected chi connectivity index (χ2v) is 9.97. The van der Waals surface area contributed by atoms with Gasteiger partial charge in [0, 0.05) is 24.2 Å². The number of aromatic nitrogens is 1. The monoisotopic (exact) mass is 495 g/mol. The number of carbonyl (C=O) groups excluding carboxylic acids is 1. The maximum absolute atomic E-state index is 12.5. The number of phenolic OH excluding ortho intramolecular Hbond substituents is 1. The van der Waals surface area contributed by atoms with Crippen molar-refractivity contribution in [1.82, 2.24) is 9.88 Å². The number of aromatic hydroxyl groups is 1. The minimum Gasteiger partial charge on any atom is -0.503 e. The molecule has 35 heavy (non-hydrogen) atoms. The second kappa shape index (κ2) is 10.8. The van der Waals surface area contributed by atoms with Crippen LogP contribution in [0.2, 0.25) is 5.02 Å². The summed E-state index contributed by atoms with van der Waals surface area (Å²) in [5.74, 6) is 0.939. The standard InChI is InChI=1S/C28H34ClN3O3/c1-5-32(3)16-18-6-9-21(10-7-18)31-27-22-12-19(8-11-25(22)30-15-23(27)17(2)33)20-13-24(29)28(34)26(14-20)35-4/h8,11-15,18,21,34H,5-7,9-10,16H2,1-4H3,(H,30,31)/t18-,21-. The molecule has 0 aliphatic heterocycles. The lowest BCUT2D eigenvalue weighted by molar-refractivity contribution is 0.101. The number of hydrogen-bond acceptors (Lipinski definition) is 6. The molecule has 1 fully saturated rings. The van der Waals surface area contributed by atoms with Crippen LogP contribution >= 0.6 is 11.6 Å². The number of nitrogens with zero attached hydrogens (tertiary/aromatic N) is 2. The van der Waals surface area contributed by atoms with Crippen LogP contribution in [-0.2, 0) is 0 Å². The molecule has 0 atom stereocenters. The molecule has 1 aliphatic carbocycles. The first-order chi connectivity index (χ1) is 16.8. The van der Waals surface area contributed by atoms with Crippen molar-refractivity contribution in [2.45, 2.75) is 45.6 Å². The van der Waals surface area contributed by atoms with Crippen LogP contribution in [0.4, 0.5) is 5.69 Å². The Labute approximate surface area is 212 Å². The molecule has 2 aromatic carbocycles. The van der Waals surface area contributed by atoms with E-state index in [0.29, 0.717) is 17.4 Å². The van der Waals surface area contributed by atoms with Gasteiger partial charge in [-0.3, -0.25) is 9.78 Å². The molecule has 1 heterocycles. The van der Waals surface area contributed by atoms with Crippen LogP contribution in [0.5, 0.6) is 11.5 Å². The van der Waals surface area contributed by atoms with Gasteiger partial charge in [-0.2, -0.15) is 0 Å². The summed E-state index contributed by atoms with van der Waals surface area (Å²) in [5.41, 5.74) is 3.97. The number of hydrogen-bond donors (Lipinski definition) is 2. The fraction of sp³-hybridized carbons (Fsp3) is 0.429. The second-order valence-electron chi connectivity index (χ2n) is 9.56. The van der Waals surface area contributed by atoms with Gasteiger partial charge in [-0.25, -0.2) is 0 Å². The van der Waals surface area contributed by atoms with Gasteiger partial charge in [0.2, 0.25) is 0 Å². The maximum Gasteiger partial charge on any atom is 0.176 e. The number of rotatable bonds is 8. The summed E-state index contributed by atoms with van der Waals surface area (Å²) in [5, 5.41) is 15.0. The molecule has 0 radical (unpaired) electrons. The molecule has 0 unspecified atom stereocenters. The lowest BCUT2D eigenvalue weighted by atomic mass is 9.85. The number of methoxy groups -OCH3 is 1. The summed E-state index contributed by atoms with van der Waals surface area (Å²) >= 11 is 6.24. The molecule has 0 amide bonds. The normalized spacial score (nSPS) is 18.1. The Kier molecular flexibility index (Phi) is 7.82. The fourth-order valence-electron chi connectivity index (χ4n) is 4.95. The van der Waals surface area contributed by atoms with Crippen LogP contribution in [0.25, 0.3) is 22.0 Å². The van der Waals surface area contributed by atoms with Crippen molar-refractivity contribution >= 4 is 34.0 Å². The molecular weight excluding hydrogens is 462 g/mol. The number of nitrogens with one attached hydrogen (secondary N) is 1. The van der Waals surface area contributed by atoms with Crippen LogP contribution in [0, 0.1) is 5.92 Å². The average Bonchev–Trinajstić information content (AvgIpc) is 2.86. The summed E-state index contributed by atoms with van der Waals surface area (Å²) in [6.07, 6.45) is 6.19. The van der Waals surface area contributed by atoms with Gasteiger partial charge in [-0.05, 0) is 87.5 Å². The number of carbonyl (C=O) groups is 1. The van der Waals surface area contributed by atoms with Gasteiger partial charge in [0.1, 0.15) is 0 Å². The first-order valence-electron chi connectivity index (χ1n) is 12.3. The number of ketones is 1. The van der Waals surface area contributed by atoms with E-state index in [9.17, 15) is 9.90 Å². The van der Waals surface area contributed by atoms with Gasteiger partial charge >= 0.3 is 0 Å². The Morgan fingerprint density at radius 2 is 1.94 bits per heavy atom. The lowest BCUT2D eigenvalue weighted by Gasteiger charge is -2.32. The number of ether oxygens (including phenoxy) is 1. The van der Waals surface area contributed by atoms with Gasteiger partial charge in [0.25, 0.3) is 0 Å². The summed E-state index contributed by atoms with van der Waals surface area (Å²) in [7, 11) is 3.68. The van der Waals surface area contributed by atoms with E-state index < -0.39 is 0 Å². The van der Waals surface area contributed by atoms with E-state index in [-0.39, 0.29) is 16.6 Å². The molecule has 186 valence electrons. The van der Waals surface area contributed by atoms with Crippen LogP contribution in [-0.4, -0.2) is 54.1 Å². The van der Waals surface area contributed by atoms with Gasteiger partial charge in [-0.15, -0.1) is 0 Å². The van der Waals surface area contributed by atoms with E-state index in [1.54, 1.807) is 25.3 Å². The third kappa shape index (κ3) is 5.54. The number of pyridine rings is 1. The quantitative estimate of drug-likeness (QED) is 0.352. The molecule has 3 aromatic rings. The molecule has 0 spiro atoms. The minimum absolute atomic E-state index is 0.0140. The Balaban J connectivity index is 1.68. The van der Waals surface area contributed by atoms with Crippen molar-refractivity contribution in [1.29, 1.82) is 0 Å². The van der Waals surface area contributed by atoms with E-state index in [1.807, 2.05) is 18.2 Å². The number of halogens is 1. The Morgan fingerprint density at radius 3 is 2.60 bits per heavy atom. The zero-order valence-electron chi connectivity index (χ0n) is 20.9. The van der Waals surface area contributed by atoms with Crippen molar-refractivity contribution in [2.75, 3.05) is 32.6 Å². The topological polar surface area (TPSA) is 74.7 Å². The van der Waals surface area contributed by atoms with Gasteiger partial charge in [0.05, 0.1) is 28.9 Å². The van der Waals surface area contributed by atoms with E-state index in [0.717, 1.165) is 59.6 Å². The van der Waals surface area contributed by atoms with Crippen LogP contribution in [0.15, 0.2) is 36.5 Å². The molecule has 1 aromatic heterocycles. The lowest BCUT2D eigenvalue weighted by Crippen LogP contribution is -2.32. The summed E-state index contributed by atoms with van der Waals surface area (Å²) < 4.78 is 5.28. The highest BCUT2D eigenvalue weighted by molar-refractivity contribution is 6.32. The first kappa shape index (κ1) is 25.3. The zero-order valence-corrected chi connectivity index (χ0v) is 21.7. The summed E-state index contributed by atoms with van der Waals surface area (Å²) in [6, 6.07) is 9.72. The average molecular weight is 496 g/mol. The third-order valence-electron chi connectivity index (χ3n) is 7.13. The van der Waals surface area contributed by atoms with E-state index in [2.05, 4.69) is 29.2 Å². The molecule has 7 heteroatoms. The molecule has 4 rings (SSSR count). The van der Waals surface area contributed by atoms with Crippen molar-refractivity contribution < 1.29 is 14.6 Å². The van der Waals surface area contributed by atoms with E-state index in [1.165, 1.54) is 20.0 Å². The first-order valence-corrected chi connectivity index (χ1v) is 12.6. The predicted molar refractivity (Wildman–Crippen MR) is 143 cm³/mol. The van der Waals surface area contributed by atoms with Crippen molar-refractivity contribution in [3.63, 3.8) is 0 Å². The highest BCUT2D eigenvalue weighted by Crippen LogP contribution is 2.40. The fourth-order valence-corrected chi connectivity index (χ4v) is 5.16. The molecule has 1 saturated carbocycles. The van der Waals surface area contributed by atoms with Crippen LogP contribution in [0.3, 0.4) is 0 Å². The Hall–Kier alpha value is -2.83. The number of fused-ring (bicyclic) bond motifs is 1. The van der Waals surface area contributed by atoms with Gasteiger partial charge < -0.3 is 20.1 Å². The highest BCUT2D eigenvalue weighted by atomic mass is 35.5. The molecule has 1 aliphatic rings. The number of phenols is 1. The predicted octanol–water partition coefficient (Wildman–Crippen LogP) is 6.39. The Morgan fingerprint density at radius 1 is 1.20 bits per heavy atom. The van der Waals surface area contributed by atoms with E-state index in [4.69, 9.17) is 16.3 Å². The highest BCUT2D eigenvalue weighted by Gasteiger charge is 2.24. The molecular formula is C28H34ClN3O3. The summed E-state index contributed by atoms with van der Waals surface area (Å²) in [6.45, 7) is 5.99. The minimum atomic E-state index is -0.0812. The third-order valence-corrected chi connectivity index (χ3v) is 7.42. The Bertz CT molecular complexity index is 1220. The number of Topliss-reactive ketones (excluding diaryl/α,β-unsaturated/α-hetero) is 1. The number of benzene rings is 2. The number of anilines is 1. The molecule has 6 nitrogen and oxygen atoms in total. The largest absolute Gasteiger partial charge is 0.503 e. The van der Waals surface area contributed by atoms with Crippen LogP contribution in [0.1, 0.15) is 49.9 Å². The maximum atomic E-state index is 12.5. The summed E-state index contributed by atoms with van der Waals surface area (Å²) in [4.78, 5) is 19.5. The van der Waals surface area contributed by atoms with Gasteiger partial charge in [-0.1, -0.05) is 24.6 Å². The molecule has 0 saturated heterocycles. The van der Waals surface area contributed by atoms with Gasteiger partial charge in [0.15, 0.2) is 17.3 Å². The van der Waals surface area contributed by atoms with E-state index >= 15 is 0 Å². The zero-order chi connectivity index (χ0) is 25.1. The van der Waals surface area contributed by atoms with Crippen molar-refractivity contribution in [2.24, 2.45) is 5.92 Å². The molecule has 0 bridgehead atoms. The van der Waals surface area contributed by atoms with Crippen molar-refractivity contribution in [3.8, 4) is 22.6 Å². The van der Waals surface area contributed by atoms with Crippen LogP contribution < -0.4 is 10.1 Å². The SMILES string of the molecule is CCN(C)C[C@H]1CC[C@H](Nc2c(C(C)=O)cnc3ccc(-c4cc(Cl)c(O)c(OC)c4)cc23)CC1. The van der Waals surface area contributed by atoms with Crippen molar-refractivity contribution in [3.05, 3.63) is 47.1 Å². The molecule has 2 N–H and O–H groups in total.